The quantitative estimate of drug-likeness (QED) is 0.866. The highest BCUT2D eigenvalue weighted by atomic mass is 19.1. The molecule has 0 fully saturated rings. The van der Waals surface area contributed by atoms with E-state index in [1.54, 1.807) is 24.3 Å². The third-order valence-corrected chi connectivity index (χ3v) is 3.10. The molecule has 5 heteroatoms. The number of amides is 3. The van der Waals surface area contributed by atoms with Crippen LogP contribution in [0.15, 0.2) is 48.5 Å². The van der Waals surface area contributed by atoms with Crippen molar-refractivity contribution in [1.29, 1.82) is 0 Å². The number of anilines is 2. The Bertz CT molecular complexity index is 686. The van der Waals surface area contributed by atoms with Gasteiger partial charge in [0, 0.05) is 5.69 Å². The normalized spacial score (nSPS) is 13.2. The molecule has 4 nitrogen and oxygen atoms in total. The Kier molecular flexibility index (Phi) is 2.95. The van der Waals surface area contributed by atoms with Crippen LogP contribution in [-0.2, 0) is 11.2 Å². The second kappa shape index (κ2) is 4.77. The average Bonchev–Trinajstić information content (AvgIpc) is 2.74. The lowest BCUT2D eigenvalue weighted by Crippen LogP contribution is -2.37. The predicted molar refractivity (Wildman–Crippen MR) is 73.1 cm³/mol. The molecular formula is C15H11FN2O2. The monoisotopic (exact) mass is 270 g/mol. The Morgan fingerprint density at radius 3 is 2.65 bits per heavy atom. The molecule has 3 amide bonds. The van der Waals surface area contributed by atoms with E-state index in [9.17, 15) is 14.0 Å². The van der Waals surface area contributed by atoms with Gasteiger partial charge in [-0.2, -0.15) is 0 Å². The molecule has 0 aromatic heterocycles. The fraction of sp³-hybridized carbons (Fsp3) is 0.0667. The van der Waals surface area contributed by atoms with E-state index in [1.807, 2.05) is 6.07 Å². The molecule has 0 spiro atoms. The summed E-state index contributed by atoms with van der Waals surface area (Å²) in [6.45, 7) is 0. The maximum absolute atomic E-state index is 13.1. The summed E-state index contributed by atoms with van der Waals surface area (Å²) >= 11 is 0. The molecule has 1 heterocycles. The molecule has 0 atom stereocenters. The summed E-state index contributed by atoms with van der Waals surface area (Å²) in [4.78, 5) is 25.1. The third kappa shape index (κ3) is 2.14. The second-order valence-corrected chi connectivity index (χ2v) is 4.48. The number of hydrogen-bond donors (Lipinski definition) is 1. The van der Waals surface area contributed by atoms with Crippen molar-refractivity contribution >= 4 is 23.3 Å². The van der Waals surface area contributed by atoms with Crippen LogP contribution in [0.25, 0.3) is 0 Å². The SMILES string of the molecule is O=C1Cc2cc(F)ccc2N1C(=O)Nc1ccccc1. The highest BCUT2D eigenvalue weighted by molar-refractivity contribution is 6.22. The topological polar surface area (TPSA) is 49.4 Å². The second-order valence-electron chi connectivity index (χ2n) is 4.48. The van der Waals surface area contributed by atoms with Crippen LogP contribution in [0.2, 0.25) is 0 Å². The van der Waals surface area contributed by atoms with Crippen LogP contribution in [0.3, 0.4) is 0 Å². The van der Waals surface area contributed by atoms with Crippen LogP contribution < -0.4 is 10.2 Å². The molecule has 20 heavy (non-hydrogen) atoms. The molecule has 0 aliphatic carbocycles. The number of nitrogens with one attached hydrogen (secondary N) is 1. The van der Waals surface area contributed by atoms with E-state index in [0.717, 1.165) is 4.90 Å². The average molecular weight is 270 g/mol. The zero-order valence-electron chi connectivity index (χ0n) is 10.5. The van der Waals surface area contributed by atoms with Gasteiger partial charge >= 0.3 is 6.03 Å². The van der Waals surface area contributed by atoms with Crippen LogP contribution in [0.5, 0.6) is 0 Å². The highest BCUT2D eigenvalue weighted by Gasteiger charge is 2.32. The number of benzene rings is 2. The van der Waals surface area contributed by atoms with Crippen molar-refractivity contribution < 1.29 is 14.0 Å². The Morgan fingerprint density at radius 1 is 1.15 bits per heavy atom. The molecule has 0 bridgehead atoms. The van der Waals surface area contributed by atoms with Crippen molar-refractivity contribution in [1.82, 2.24) is 0 Å². The lowest BCUT2D eigenvalue weighted by atomic mass is 10.1. The summed E-state index contributed by atoms with van der Waals surface area (Å²) in [5.41, 5.74) is 1.56. The van der Waals surface area contributed by atoms with E-state index in [4.69, 9.17) is 0 Å². The van der Waals surface area contributed by atoms with Gasteiger partial charge in [-0.25, -0.2) is 14.1 Å². The van der Waals surface area contributed by atoms with Gasteiger partial charge in [-0.1, -0.05) is 18.2 Å². The summed E-state index contributed by atoms with van der Waals surface area (Å²) in [6, 6.07) is 12.3. The van der Waals surface area contributed by atoms with Crippen molar-refractivity contribution in [3.8, 4) is 0 Å². The molecule has 0 saturated heterocycles. The van der Waals surface area contributed by atoms with Crippen molar-refractivity contribution in [3.05, 3.63) is 59.9 Å². The van der Waals surface area contributed by atoms with Crippen LogP contribution in [0.1, 0.15) is 5.56 Å². The summed E-state index contributed by atoms with van der Waals surface area (Å²) in [5, 5.41) is 2.64. The van der Waals surface area contributed by atoms with Gasteiger partial charge in [0.2, 0.25) is 5.91 Å². The number of halogens is 1. The molecule has 0 radical (unpaired) electrons. The molecule has 1 aliphatic heterocycles. The first-order chi connectivity index (χ1) is 9.65. The van der Waals surface area contributed by atoms with E-state index in [1.165, 1.54) is 18.2 Å². The van der Waals surface area contributed by atoms with Gasteiger partial charge in [-0.15, -0.1) is 0 Å². The molecule has 0 saturated carbocycles. The lowest BCUT2D eigenvalue weighted by molar-refractivity contribution is -0.116. The van der Waals surface area contributed by atoms with Gasteiger partial charge in [0.25, 0.3) is 0 Å². The maximum Gasteiger partial charge on any atom is 0.333 e. The number of nitrogens with zero attached hydrogens (tertiary/aromatic N) is 1. The minimum atomic E-state index is -0.536. The Labute approximate surface area is 114 Å². The third-order valence-electron chi connectivity index (χ3n) is 3.10. The summed E-state index contributed by atoms with van der Waals surface area (Å²) in [6.07, 6.45) is 0.0370. The molecule has 100 valence electrons. The van der Waals surface area contributed by atoms with Gasteiger partial charge in [-0.05, 0) is 35.9 Å². The number of rotatable bonds is 1. The molecule has 2 aromatic rings. The Hall–Kier alpha value is -2.69. The van der Waals surface area contributed by atoms with Crippen molar-refractivity contribution in [2.75, 3.05) is 10.2 Å². The number of carbonyl (C=O) groups excluding carboxylic acids is 2. The summed E-state index contributed by atoms with van der Waals surface area (Å²) < 4.78 is 13.1. The first-order valence-corrected chi connectivity index (χ1v) is 6.12. The Morgan fingerprint density at radius 2 is 1.90 bits per heavy atom. The molecule has 2 aromatic carbocycles. The maximum atomic E-state index is 13.1. The van der Waals surface area contributed by atoms with Crippen molar-refractivity contribution in [3.63, 3.8) is 0 Å². The fourth-order valence-electron chi connectivity index (χ4n) is 2.21. The fourth-order valence-corrected chi connectivity index (χ4v) is 2.21. The first-order valence-electron chi connectivity index (χ1n) is 6.12. The Balaban J connectivity index is 1.88. The minimum Gasteiger partial charge on any atom is -0.307 e. The van der Waals surface area contributed by atoms with Crippen LogP contribution in [0, 0.1) is 5.82 Å². The van der Waals surface area contributed by atoms with Gasteiger partial charge in [0.05, 0.1) is 12.1 Å². The van der Waals surface area contributed by atoms with Crippen LogP contribution in [0.4, 0.5) is 20.6 Å². The molecule has 1 aliphatic rings. The number of imide groups is 1. The number of para-hydroxylation sites is 1. The van der Waals surface area contributed by atoms with E-state index in [0.29, 0.717) is 16.9 Å². The minimum absolute atomic E-state index is 0.0370. The first kappa shape index (κ1) is 12.3. The highest BCUT2D eigenvalue weighted by Crippen LogP contribution is 2.30. The predicted octanol–water partition coefficient (Wildman–Crippen LogP) is 2.95. The van der Waals surface area contributed by atoms with Crippen LogP contribution >= 0.6 is 0 Å². The van der Waals surface area contributed by atoms with E-state index < -0.39 is 11.8 Å². The molecule has 0 unspecified atom stereocenters. The zero-order valence-corrected chi connectivity index (χ0v) is 10.5. The van der Waals surface area contributed by atoms with Gasteiger partial charge in [0.15, 0.2) is 0 Å². The van der Waals surface area contributed by atoms with E-state index in [-0.39, 0.29) is 12.3 Å². The van der Waals surface area contributed by atoms with E-state index in [2.05, 4.69) is 5.32 Å². The number of hydrogen-bond acceptors (Lipinski definition) is 2. The van der Waals surface area contributed by atoms with Crippen LogP contribution in [-0.4, -0.2) is 11.9 Å². The largest absolute Gasteiger partial charge is 0.333 e. The standard InChI is InChI=1S/C15H11FN2O2/c16-11-6-7-13-10(8-11)9-14(19)18(13)15(20)17-12-4-2-1-3-5-12/h1-8H,9H2,(H,17,20). The van der Waals surface area contributed by atoms with Crippen molar-refractivity contribution in [2.24, 2.45) is 0 Å². The molecule has 3 rings (SSSR count). The van der Waals surface area contributed by atoms with Gasteiger partial charge in [-0.3, -0.25) is 4.79 Å². The lowest BCUT2D eigenvalue weighted by Gasteiger charge is -2.16. The smallest absolute Gasteiger partial charge is 0.307 e. The zero-order chi connectivity index (χ0) is 14.1. The van der Waals surface area contributed by atoms with Gasteiger partial charge in [0.1, 0.15) is 5.82 Å². The summed E-state index contributed by atoms with van der Waals surface area (Å²) in [7, 11) is 0. The summed E-state index contributed by atoms with van der Waals surface area (Å²) in [5.74, 6) is -0.777. The molecular weight excluding hydrogens is 259 g/mol. The number of fused-ring (bicyclic) bond motifs is 1. The molecule has 1 N–H and O–H groups in total. The van der Waals surface area contributed by atoms with E-state index >= 15 is 0 Å². The number of urea groups is 1. The van der Waals surface area contributed by atoms with Gasteiger partial charge < -0.3 is 5.32 Å². The van der Waals surface area contributed by atoms with Crippen molar-refractivity contribution in [2.45, 2.75) is 6.42 Å². The number of carbonyl (C=O) groups is 2.